The van der Waals surface area contributed by atoms with E-state index >= 15 is 0 Å². The molecule has 0 heterocycles. The molecule has 19 heavy (non-hydrogen) atoms. The van der Waals surface area contributed by atoms with E-state index in [9.17, 15) is 22.0 Å². The summed E-state index contributed by atoms with van der Waals surface area (Å²) in [6.07, 6.45) is -0.140. The van der Waals surface area contributed by atoms with Crippen LogP contribution in [-0.2, 0) is 9.84 Å². The van der Waals surface area contributed by atoms with Gasteiger partial charge in [-0.1, -0.05) is 22.9 Å². The molecule has 0 N–H and O–H groups in total. The Morgan fingerprint density at radius 1 is 1.26 bits per heavy atom. The number of halogens is 3. The number of carbonyl (C=O) groups excluding carboxylic acids is 1. The highest BCUT2D eigenvalue weighted by Gasteiger charge is 2.18. The molecule has 1 aromatic rings. The number of Topliss-reactive ketones (excluding diaryl/α,β-unsaturated/α-hetero) is 1. The molecule has 0 radical (unpaired) electrons. The molecule has 0 bridgehead atoms. The quantitative estimate of drug-likeness (QED) is 0.737. The van der Waals surface area contributed by atoms with Crippen LogP contribution < -0.4 is 0 Å². The molecule has 0 saturated heterocycles. The van der Waals surface area contributed by atoms with E-state index in [0.717, 1.165) is 12.1 Å². The molecule has 0 fully saturated rings. The molecule has 0 atom stereocenters. The first-order valence-corrected chi connectivity index (χ1v) is 8.26. The average Bonchev–Trinajstić information content (AvgIpc) is 2.27. The lowest BCUT2D eigenvalue weighted by Gasteiger charge is -2.05. The number of rotatable bonds is 6. The lowest BCUT2D eigenvalue weighted by atomic mass is 10.1. The molecule has 0 spiro atoms. The molecule has 3 nitrogen and oxygen atoms in total. The molecule has 0 aliphatic carbocycles. The van der Waals surface area contributed by atoms with Crippen molar-refractivity contribution in [1.29, 1.82) is 0 Å². The van der Waals surface area contributed by atoms with Crippen molar-refractivity contribution in [2.45, 2.75) is 19.8 Å². The van der Waals surface area contributed by atoms with Crippen LogP contribution in [0.5, 0.6) is 0 Å². The Bertz CT molecular complexity index is 562. The first-order chi connectivity index (χ1) is 8.76. The van der Waals surface area contributed by atoms with Gasteiger partial charge in [0.15, 0.2) is 5.78 Å². The van der Waals surface area contributed by atoms with E-state index in [4.69, 9.17) is 0 Å². The molecule has 1 aromatic carbocycles. The van der Waals surface area contributed by atoms with Crippen LogP contribution in [-0.4, -0.2) is 25.7 Å². The lowest BCUT2D eigenvalue weighted by molar-refractivity contribution is 0.0974. The summed E-state index contributed by atoms with van der Waals surface area (Å²) in [5.41, 5.74) is -0.614. The Morgan fingerprint density at radius 3 is 2.26 bits per heavy atom. The van der Waals surface area contributed by atoms with Gasteiger partial charge in [-0.15, -0.1) is 0 Å². The van der Waals surface area contributed by atoms with E-state index in [1.807, 2.05) is 0 Å². The van der Waals surface area contributed by atoms with Gasteiger partial charge in [0.05, 0.1) is 11.3 Å². The number of benzene rings is 1. The highest BCUT2D eigenvalue weighted by molar-refractivity contribution is 9.10. The number of carbonyl (C=O) groups is 1. The summed E-state index contributed by atoms with van der Waals surface area (Å²) in [5, 5.41) is 0. The molecule has 0 amide bonds. The van der Waals surface area contributed by atoms with Crippen LogP contribution in [0.1, 0.15) is 30.1 Å². The Labute approximate surface area is 119 Å². The van der Waals surface area contributed by atoms with Crippen LogP contribution in [0.4, 0.5) is 8.78 Å². The summed E-state index contributed by atoms with van der Waals surface area (Å²) >= 11 is 2.91. The fraction of sp³-hybridized carbons (Fsp3) is 0.417. The highest BCUT2D eigenvalue weighted by Crippen LogP contribution is 2.21. The largest absolute Gasteiger partial charge is 0.294 e. The number of hydrogen-bond acceptors (Lipinski definition) is 3. The molecule has 106 valence electrons. The van der Waals surface area contributed by atoms with Gasteiger partial charge in [-0.25, -0.2) is 17.2 Å². The second kappa shape index (κ2) is 6.56. The summed E-state index contributed by atoms with van der Waals surface area (Å²) in [6.45, 7) is 1.51. The van der Waals surface area contributed by atoms with Crippen molar-refractivity contribution < 1.29 is 22.0 Å². The predicted octanol–water partition coefficient (Wildman–Crippen LogP) is 3.12. The number of sulfone groups is 1. The molecule has 0 aliphatic rings. The third-order valence-electron chi connectivity index (χ3n) is 2.58. The SMILES string of the molecule is CCS(=O)(=O)CCCC(=O)c1c(F)cc(Br)cc1F. The molecular formula is C12H13BrF2O3S. The van der Waals surface area contributed by atoms with Gasteiger partial charge in [-0.3, -0.25) is 4.79 Å². The Hall–Kier alpha value is -0.820. The Kier molecular flexibility index (Phi) is 5.61. The van der Waals surface area contributed by atoms with Gasteiger partial charge in [0, 0.05) is 16.6 Å². The normalized spacial score (nSPS) is 11.6. The maximum absolute atomic E-state index is 13.5. The minimum atomic E-state index is -3.17. The average molecular weight is 355 g/mol. The van der Waals surface area contributed by atoms with Crippen LogP contribution in [0.2, 0.25) is 0 Å². The van der Waals surface area contributed by atoms with Crippen molar-refractivity contribution in [1.82, 2.24) is 0 Å². The molecule has 0 saturated carbocycles. The summed E-state index contributed by atoms with van der Waals surface area (Å²) in [6, 6.07) is 2.00. The predicted molar refractivity (Wildman–Crippen MR) is 72.0 cm³/mol. The maximum Gasteiger partial charge on any atom is 0.168 e. The van der Waals surface area contributed by atoms with E-state index in [1.54, 1.807) is 0 Å². The summed E-state index contributed by atoms with van der Waals surface area (Å²) in [7, 11) is -3.17. The van der Waals surface area contributed by atoms with E-state index in [1.165, 1.54) is 6.92 Å². The zero-order valence-corrected chi connectivity index (χ0v) is 12.7. The van der Waals surface area contributed by atoms with Gasteiger partial charge in [-0.05, 0) is 18.6 Å². The van der Waals surface area contributed by atoms with Crippen molar-refractivity contribution in [2.24, 2.45) is 0 Å². The van der Waals surface area contributed by atoms with E-state index < -0.39 is 32.8 Å². The zero-order chi connectivity index (χ0) is 14.6. The summed E-state index contributed by atoms with van der Waals surface area (Å²) in [5.74, 6) is -2.80. The highest BCUT2D eigenvalue weighted by atomic mass is 79.9. The van der Waals surface area contributed by atoms with Crippen molar-refractivity contribution >= 4 is 31.6 Å². The van der Waals surface area contributed by atoms with Crippen LogP contribution in [0.3, 0.4) is 0 Å². The van der Waals surface area contributed by atoms with Gasteiger partial charge >= 0.3 is 0 Å². The monoisotopic (exact) mass is 354 g/mol. The van der Waals surface area contributed by atoms with Crippen LogP contribution in [0.15, 0.2) is 16.6 Å². The molecule has 0 aliphatic heterocycles. The van der Waals surface area contributed by atoms with E-state index in [2.05, 4.69) is 15.9 Å². The van der Waals surface area contributed by atoms with Crippen LogP contribution in [0.25, 0.3) is 0 Å². The topological polar surface area (TPSA) is 51.2 Å². The Morgan fingerprint density at radius 2 is 1.79 bits per heavy atom. The minimum absolute atomic E-state index is 0.0117. The van der Waals surface area contributed by atoms with Crippen molar-refractivity contribution in [2.75, 3.05) is 11.5 Å². The summed E-state index contributed by atoms with van der Waals surface area (Å²) < 4.78 is 49.6. The minimum Gasteiger partial charge on any atom is -0.294 e. The van der Waals surface area contributed by atoms with E-state index in [0.29, 0.717) is 0 Å². The number of ketones is 1. The first kappa shape index (κ1) is 16.2. The molecule has 0 aromatic heterocycles. The van der Waals surface area contributed by atoms with Crippen LogP contribution in [0, 0.1) is 11.6 Å². The first-order valence-electron chi connectivity index (χ1n) is 5.65. The third kappa shape index (κ3) is 4.65. The second-order valence-electron chi connectivity index (χ2n) is 4.01. The second-order valence-corrected chi connectivity index (χ2v) is 7.40. The molecule has 0 unspecified atom stereocenters. The Balaban J connectivity index is 2.75. The third-order valence-corrected chi connectivity index (χ3v) is 4.83. The molecule has 1 rings (SSSR count). The zero-order valence-electron chi connectivity index (χ0n) is 10.3. The van der Waals surface area contributed by atoms with Gasteiger partial charge in [0.25, 0.3) is 0 Å². The van der Waals surface area contributed by atoms with E-state index in [-0.39, 0.29) is 28.8 Å². The van der Waals surface area contributed by atoms with Gasteiger partial charge in [-0.2, -0.15) is 0 Å². The summed E-state index contributed by atoms with van der Waals surface area (Å²) in [4.78, 5) is 11.7. The fourth-order valence-electron chi connectivity index (χ4n) is 1.53. The van der Waals surface area contributed by atoms with Crippen LogP contribution >= 0.6 is 15.9 Å². The molecular weight excluding hydrogens is 342 g/mol. The fourth-order valence-corrected chi connectivity index (χ4v) is 2.81. The lowest BCUT2D eigenvalue weighted by Crippen LogP contribution is -2.12. The number of hydrogen-bond donors (Lipinski definition) is 0. The van der Waals surface area contributed by atoms with Crippen molar-refractivity contribution in [3.05, 3.63) is 33.8 Å². The standard InChI is InChI=1S/C12H13BrF2O3S/c1-2-19(17,18)5-3-4-11(16)12-9(14)6-8(13)7-10(12)15/h6-7H,2-5H2,1H3. The van der Waals surface area contributed by atoms with Crippen molar-refractivity contribution in [3.63, 3.8) is 0 Å². The van der Waals surface area contributed by atoms with Crippen molar-refractivity contribution in [3.8, 4) is 0 Å². The van der Waals surface area contributed by atoms with Gasteiger partial charge < -0.3 is 0 Å². The smallest absolute Gasteiger partial charge is 0.168 e. The van der Waals surface area contributed by atoms with Gasteiger partial charge in [0.2, 0.25) is 0 Å². The molecule has 7 heteroatoms. The van der Waals surface area contributed by atoms with Gasteiger partial charge in [0.1, 0.15) is 21.5 Å². The maximum atomic E-state index is 13.5.